The third-order valence-electron chi connectivity index (χ3n) is 3.31. The Bertz CT molecular complexity index is 739. The molecule has 0 fully saturated rings. The van der Waals surface area contributed by atoms with E-state index in [4.69, 9.17) is 27.9 Å². The number of hydrogen-bond donors (Lipinski definition) is 0. The van der Waals surface area contributed by atoms with Crippen LogP contribution in [0.25, 0.3) is 0 Å². The van der Waals surface area contributed by atoms with Crippen molar-refractivity contribution in [1.82, 2.24) is 0 Å². The van der Waals surface area contributed by atoms with Gasteiger partial charge in [0, 0.05) is 10.6 Å². The molecule has 0 atom stereocenters. The fourth-order valence-corrected chi connectivity index (χ4v) is 2.39. The van der Waals surface area contributed by atoms with Gasteiger partial charge in [-0.15, -0.1) is 0 Å². The van der Waals surface area contributed by atoms with Crippen LogP contribution in [0.3, 0.4) is 0 Å². The minimum Gasteiger partial charge on any atom is -0.454 e. The maximum Gasteiger partial charge on any atom is 0.338 e. The SMILES string of the molecule is Cc1ccc(C(=O)OCC(=O)c2ccc(Cl)cc2Cl)cc1C. The average molecular weight is 337 g/mol. The van der Waals surface area contributed by atoms with Gasteiger partial charge in [-0.2, -0.15) is 0 Å². The van der Waals surface area contributed by atoms with E-state index < -0.39 is 5.97 Å². The Morgan fingerprint density at radius 1 is 1.00 bits per heavy atom. The molecule has 0 amide bonds. The summed E-state index contributed by atoms with van der Waals surface area (Å²) in [7, 11) is 0. The topological polar surface area (TPSA) is 43.4 Å². The Morgan fingerprint density at radius 2 is 1.73 bits per heavy atom. The molecule has 0 aliphatic carbocycles. The van der Waals surface area contributed by atoms with Gasteiger partial charge >= 0.3 is 5.97 Å². The van der Waals surface area contributed by atoms with Gasteiger partial charge in [0.05, 0.1) is 10.6 Å². The van der Waals surface area contributed by atoms with Gasteiger partial charge in [-0.1, -0.05) is 29.3 Å². The van der Waals surface area contributed by atoms with Crippen LogP contribution in [0, 0.1) is 13.8 Å². The summed E-state index contributed by atoms with van der Waals surface area (Å²) < 4.78 is 5.04. The third kappa shape index (κ3) is 3.87. The first-order chi connectivity index (χ1) is 10.4. The van der Waals surface area contributed by atoms with Crippen LogP contribution >= 0.6 is 23.2 Å². The number of hydrogen-bond acceptors (Lipinski definition) is 3. The zero-order valence-corrected chi connectivity index (χ0v) is 13.7. The molecule has 0 radical (unpaired) electrons. The van der Waals surface area contributed by atoms with Crippen molar-refractivity contribution in [3.63, 3.8) is 0 Å². The summed E-state index contributed by atoms with van der Waals surface area (Å²) in [6.45, 7) is 3.49. The summed E-state index contributed by atoms with van der Waals surface area (Å²) >= 11 is 11.7. The minimum atomic E-state index is -0.540. The number of ketones is 1. The van der Waals surface area contributed by atoms with Gasteiger partial charge in [-0.3, -0.25) is 4.79 Å². The van der Waals surface area contributed by atoms with Crippen LogP contribution in [0.5, 0.6) is 0 Å². The van der Waals surface area contributed by atoms with Gasteiger partial charge in [-0.25, -0.2) is 4.79 Å². The zero-order valence-electron chi connectivity index (χ0n) is 12.2. The lowest BCUT2D eigenvalue weighted by atomic mass is 10.1. The number of halogens is 2. The van der Waals surface area contributed by atoms with Crippen LogP contribution in [0.15, 0.2) is 36.4 Å². The van der Waals surface area contributed by atoms with Crippen LogP contribution in [-0.4, -0.2) is 18.4 Å². The number of Topliss-reactive ketones (excluding diaryl/α,β-unsaturated/α-hetero) is 1. The van der Waals surface area contributed by atoms with Crippen LogP contribution in [0.4, 0.5) is 0 Å². The first-order valence-corrected chi connectivity index (χ1v) is 7.36. The number of ether oxygens (including phenoxy) is 1. The number of benzene rings is 2. The molecular weight excluding hydrogens is 323 g/mol. The largest absolute Gasteiger partial charge is 0.454 e. The number of carbonyl (C=O) groups is 2. The molecule has 5 heteroatoms. The summed E-state index contributed by atoms with van der Waals surface area (Å²) in [5.74, 6) is -0.916. The molecule has 0 aliphatic rings. The highest BCUT2D eigenvalue weighted by atomic mass is 35.5. The molecule has 2 aromatic rings. The number of rotatable bonds is 4. The number of esters is 1. The lowest BCUT2D eigenvalue weighted by Crippen LogP contribution is -2.14. The summed E-state index contributed by atoms with van der Waals surface area (Å²) in [5.41, 5.74) is 2.76. The van der Waals surface area contributed by atoms with Crippen LogP contribution in [0.2, 0.25) is 10.0 Å². The quantitative estimate of drug-likeness (QED) is 0.602. The maximum atomic E-state index is 12.0. The molecule has 3 nitrogen and oxygen atoms in total. The normalized spacial score (nSPS) is 10.4. The highest BCUT2D eigenvalue weighted by Gasteiger charge is 2.15. The van der Waals surface area contributed by atoms with Gasteiger partial charge in [0.15, 0.2) is 6.61 Å². The van der Waals surface area contributed by atoms with Crippen LogP contribution in [-0.2, 0) is 4.74 Å². The highest BCUT2D eigenvalue weighted by molar-refractivity contribution is 6.36. The second-order valence-electron chi connectivity index (χ2n) is 4.92. The first-order valence-electron chi connectivity index (χ1n) is 6.61. The van der Waals surface area contributed by atoms with E-state index in [1.165, 1.54) is 12.1 Å². The molecular formula is C17H14Cl2O3. The van der Waals surface area contributed by atoms with Crippen LogP contribution in [0.1, 0.15) is 31.8 Å². The molecule has 0 bridgehead atoms. The first kappa shape index (κ1) is 16.5. The molecule has 2 rings (SSSR count). The van der Waals surface area contributed by atoms with Gasteiger partial charge < -0.3 is 4.74 Å². The molecule has 0 aromatic heterocycles. The Hall–Kier alpha value is -1.84. The predicted molar refractivity (Wildman–Crippen MR) is 87.0 cm³/mol. The van der Waals surface area contributed by atoms with Crippen molar-refractivity contribution in [2.45, 2.75) is 13.8 Å². The van der Waals surface area contributed by atoms with Crippen LogP contribution < -0.4 is 0 Å². The van der Waals surface area contributed by atoms with Crippen molar-refractivity contribution in [1.29, 1.82) is 0 Å². The van der Waals surface area contributed by atoms with Crippen molar-refractivity contribution in [2.24, 2.45) is 0 Å². The van der Waals surface area contributed by atoms with E-state index in [0.717, 1.165) is 11.1 Å². The lowest BCUT2D eigenvalue weighted by Gasteiger charge is -2.07. The van der Waals surface area contributed by atoms with Crippen molar-refractivity contribution in [3.05, 3.63) is 68.7 Å². The summed E-state index contributed by atoms with van der Waals surface area (Å²) in [4.78, 5) is 24.0. The second kappa shape index (κ2) is 6.95. The van der Waals surface area contributed by atoms with E-state index in [9.17, 15) is 9.59 Å². The van der Waals surface area contributed by atoms with Gasteiger partial charge in [-0.05, 0) is 55.3 Å². The summed E-state index contributed by atoms with van der Waals surface area (Å²) in [6.07, 6.45) is 0. The van der Waals surface area contributed by atoms with Crippen molar-refractivity contribution in [3.8, 4) is 0 Å². The third-order valence-corrected chi connectivity index (χ3v) is 3.86. The summed E-state index contributed by atoms with van der Waals surface area (Å²) in [5, 5.41) is 0.674. The average Bonchev–Trinajstić information content (AvgIpc) is 2.47. The van der Waals surface area contributed by atoms with E-state index in [1.54, 1.807) is 18.2 Å². The Labute approximate surface area is 138 Å². The van der Waals surface area contributed by atoms with Gasteiger partial charge in [0.1, 0.15) is 0 Å². The smallest absolute Gasteiger partial charge is 0.338 e. The molecule has 114 valence electrons. The Morgan fingerprint density at radius 3 is 2.36 bits per heavy atom. The van der Waals surface area contributed by atoms with Crippen molar-refractivity contribution < 1.29 is 14.3 Å². The minimum absolute atomic E-state index is 0.236. The fourth-order valence-electron chi connectivity index (χ4n) is 1.88. The van der Waals surface area contributed by atoms with E-state index in [0.29, 0.717) is 10.6 Å². The van der Waals surface area contributed by atoms with Crippen molar-refractivity contribution >= 4 is 35.0 Å². The maximum absolute atomic E-state index is 12.0. The standard InChI is InChI=1S/C17H14Cl2O3/c1-10-3-4-12(7-11(10)2)17(21)22-9-16(20)14-6-5-13(18)8-15(14)19/h3-8H,9H2,1-2H3. The van der Waals surface area contributed by atoms with Crippen molar-refractivity contribution in [2.75, 3.05) is 6.61 Å². The van der Waals surface area contributed by atoms with E-state index >= 15 is 0 Å². The molecule has 0 aliphatic heterocycles. The molecule has 0 heterocycles. The van der Waals surface area contributed by atoms with Gasteiger partial charge in [0.2, 0.25) is 5.78 Å². The van der Waals surface area contributed by atoms with E-state index in [1.807, 2.05) is 19.9 Å². The Kier molecular flexibility index (Phi) is 5.22. The predicted octanol–water partition coefficient (Wildman–Crippen LogP) is 4.65. The molecule has 0 spiro atoms. The molecule has 0 saturated heterocycles. The highest BCUT2D eigenvalue weighted by Crippen LogP contribution is 2.21. The molecule has 0 saturated carbocycles. The second-order valence-corrected chi connectivity index (χ2v) is 5.77. The molecule has 0 N–H and O–H groups in total. The Balaban J connectivity index is 2.04. The molecule has 2 aromatic carbocycles. The fraction of sp³-hybridized carbons (Fsp3) is 0.176. The van der Waals surface area contributed by atoms with Gasteiger partial charge in [0.25, 0.3) is 0 Å². The monoisotopic (exact) mass is 336 g/mol. The molecule has 22 heavy (non-hydrogen) atoms. The molecule has 0 unspecified atom stereocenters. The number of aryl methyl sites for hydroxylation is 2. The lowest BCUT2D eigenvalue weighted by molar-refractivity contribution is 0.0474. The van der Waals surface area contributed by atoms with E-state index in [-0.39, 0.29) is 23.0 Å². The zero-order chi connectivity index (χ0) is 16.3. The summed E-state index contributed by atoms with van der Waals surface area (Å²) in [6, 6.07) is 9.79. The van der Waals surface area contributed by atoms with E-state index in [2.05, 4.69) is 0 Å². The number of carbonyl (C=O) groups excluding carboxylic acids is 2.